The zero-order valence-electron chi connectivity index (χ0n) is 8.56. The van der Waals surface area contributed by atoms with E-state index >= 15 is 0 Å². The molecule has 0 N–H and O–H groups in total. The molecule has 0 aromatic heterocycles. The minimum Gasteiger partial charge on any atom is -0.223 e. The Bertz CT molecular complexity index is 519. The lowest BCUT2D eigenvalue weighted by atomic mass is 10.1. The largest absolute Gasteiger partial charge is 0.223 e. The summed E-state index contributed by atoms with van der Waals surface area (Å²) in [5.74, 6) is 0. The average Bonchev–Trinajstić information content (AvgIpc) is 2.15. The maximum atomic E-state index is 11.1. The fourth-order valence-corrected chi connectivity index (χ4v) is 1.55. The van der Waals surface area contributed by atoms with Crippen molar-refractivity contribution in [2.24, 2.45) is 0 Å². The highest BCUT2D eigenvalue weighted by Gasteiger charge is 2.09. The van der Waals surface area contributed by atoms with Crippen molar-refractivity contribution in [3.8, 4) is 6.07 Å². The molecule has 0 spiro atoms. The number of nitriles is 1. The summed E-state index contributed by atoms with van der Waals surface area (Å²) in [6.07, 6.45) is 2.39. The van der Waals surface area contributed by atoms with Crippen LogP contribution in [-0.2, 0) is 9.84 Å². The Kier molecular flexibility index (Phi) is 3.28. The van der Waals surface area contributed by atoms with Crippen molar-refractivity contribution in [2.75, 3.05) is 6.26 Å². The molecule has 15 heavy (non-hydrogen) atoms. The molecule has 78 valence electrons. The van der Waals surface area contributed by atoms with Crippen LogP contribution in [0.25, 0.3) is 6.08 Å². The topological polar surface area (TPSA) is 57.9 Å². The smallest absolute Gasteiger partial charge is 0.185 e. The molecular formula is C11H11NO2S. The molecule has 0 amide bonds. The number of hydrogen-bond donors (Lipinski definition) is 0. The molecule has 1 rings (SSSR count). The van der Waals surface area contributed by atoms with E-state index in [1.54, 1.807) is 18.2 Å². The van der Waals surface area contributed by atoms with E-state index in [-0.39, 0.29) is 4.91 Å². The molecule has 0 saturated heterocycles. The Labute approximate surface area is 89.6 Å². The normalized spacial score (nSPS) is 12.2. The molecule has 0 aliphatic carbocycles. The van der Waals surface area contributed by atoms with Gasteiger partial charge in [0.05, 0.1) is 0 Å². The zero-order valence-corrected chi connectivity index (χ0v) is 9.38. The van der Waals surface area contributed by atoms with Gasteiger partial charge in [-0.3, -0.25) is 0 Å². The Hall–Kier alpha value is -1.60. The summed E-state index contributed by atoms with van der Waals surface area (Å²) in [6, 6.07) is 8.96. The highest BCUT2D eigenvalue weighted by Crippen LogP contribution is 2.11. The molecule has 1 aromatic carbocycles. The molecule has 0 bridgehead atoms. The second-order valence-corrected chi connectivity index (χ2v) is 5.29. The van der Waals surface area contributed by atoms with Gasteiger partial charge in [0.15, 0.2) is 9.84 Å². The Balaban J connectivity index is 3.17. The lowest BCUT2D eigenvalue weighted by Crippen LogP contribution is -1.98. The van der Waals surface area contributed by atoms with Crippen LogP contribution in [-0.4, -0.2) is 14.7 Å². The number of sulfone groups is 1. The molecule has 0 aliphatic heterocycles. The first-order valence-corrected chi connectivity index (χ1v) is 6.21. The second kappa shape index (κ2) is 4.28. The summed E-state index contributed by atoms with van der Waals surface area (Å²) in [6.45, 7) is 1.94. The molecule has 0 aliphatic rings. The van der Waals surface area contributed by atoms with Crippen molar-refractivity contribution in [3.05, 3.63) is 40.3 Å². The van der Waals surface area contributed by atoms with E-state index in [2.05, 4.69) is 0 Å². The van der Waals surface area contributed by atoms with Crippen LogP contribution in [0, 0.1) is 18.3 Å². The Morgan fingerprint density at radius 2 is 1.87 bits per heavy atom. The lowest BCUT2D eigenvalue weighted by molar-refractivity contribution is 0.609. The van der Waals surface area contributed by atoms with Crippen molar-refractivity contribution < 1.29 is 8.42 Å². The van der Waals surface area contributed by atoms with Gasteiger partial charge in [-0.25, -0.2) is 8.42 Å². The van der Waals surface area contributed by atoms with E-state index in [0.717, 1.165) is 11.8 Å². The van der Waals surface area contributed by atoms with Gasteiger partial charge in [-0.2, -0.15) is 5.26 Å². The van der Waals surface area contributed by atoms with Crippen LogP contribution < -0.4 is 0 Å². The minimum atomic E-state index is -3.42. The minimum absolute atomic E-state index is 0.216. The number of nitrogens with zero attached hydrogens (tertiary/aromatic N) is 1. The fraction of sp³-hybridized carbons (Fsp3) is 0.182. The molecule has 1 aromatic rings. The summed E-state index contributed by atoms with van der Waals surface area (Å²) in [7, 11) is -3.42. The maximum absolute atomic E-state index is 11.1. The molecule has 0 saturated carbocycles. The lowest BCUT2D eigenvalue weighted by Gasteiger charge is -1.97. The first kappa shape index (κ1) is 11.5. The highest BCUT2D eigenvalue weighted by molar-refractivity contribution is 7.95. The predicted molar refractivity (Wildman–Crippen MR) is 59.6 cm³/mol. The van der Waals surface area contributed by atoms with Crippen LogP contribution in [0.5, 0.6) is 0 Å². The average molecular weight is 221 g/mol. The number of rotatable bonds is 2. The van der Waals surface area contributed by atoms with Gasteiger partial charge >= 0.3 is 0 Å². The van der Waals surface area contributed by atoms with Gasteiger partial charge < -0.3 is 0 Å². The summed E-state index contributed by atoms with van der Waals surface area (Å²) in [5, 5.41) is 8.68. The molecule has 0 heterocycles. The van der Waals surface area contributed by atoms with E-state index in [9.17, 15) is 8.42 Å². The molecule has 0 unspecified atom stereocenters. The second-order valence-electron chi connectivity index (χ2n) is 3.30. The van der Waals surface area contributed by atoms with Crippen LogP contribution in [0.1, 0.15) is 11.1 Å². The number of allylic oxidation sites excluding steroid dienone is 1. The highest BCUT2D eigenvalue weighted by atomic mass is 32.2. The third-order valence-corrected chi connectivity index (χ3v) is 2.89. The van der Waals surface area contributed by atoms with Crippen LogP contribution >= 0.6 is 0 Å². The van der Waals surface area contributed by atoms with Crippen LogP contribution in [0.15, 0.2) is 29.2 Å². The van der Waals surface area contributed by atoms with Crippen molar-refractivity contribution in [3.63, 3.8) is 0 Å². The van der Waals surface area contributed by atoms with Gasteiger partial charge in [-0.1, -0.05) is 29.8 Å². The fourth-order valence-electron chi connectivity index (χ4n) is 1.04. The quantitative estimate of drug-likeness (QED) is 0.717. The SMILES string of the molecule is Cc1ccc(/C=C(\C#N)S(C)(=O)=O)cc1. The van der Waals surface area contributed by atoms with Crippen molar-refractivity contribution in [1.82, 2.24) is 0 Å². The third kappa shape index (κ3) is 3.22. The first-order chi connectivity index (χ1) is 6.93. The van der Waals surface area contributed by atoms with Gasteiger partial charge in [-0.15, -0.1) is 0 Å². The molecule has 0 fully saturated rings. The number of benzene rings is 1. The monoisotopic (exact) mass is 221 g/mol. The predicted octanol–water partition coefficient (Wildman–Crippen LogP) is 1.90. The van der Waals surface area contributed by atoms with E-state index in [0.29, 0.717) is 5.56 Å². The van der Waals surface area contributed by atoms with Gasteiger partial charge in [0.25, 0.3) is 0 Å². The standard InChI is InChI=1S/C11H11NO2S/c1-9-3-5-10(6-4-9)7-11(8-12)15(2,13)14/h3-7H,1-2H3/b11-7+. The molecule has 3 nitrogen and oxygen atoms in total. The van der Waals surface area contributed by atoms with Crippen molar-refractivity contribution in [1.29, 1.82) is 5.26 Å². The molecule has 0 atom stereocenters. The summed E-state index contributed by atoms with van der Waals surface area (Å²) >= 11 is 0. The van der Waals surface area contributed by atoms with Crippen LogP contribution in [0.3, 0.4) is 0 Å². The van der Waals surface area contributed by atoms with E-state index in [4.69, 9.17) is 5.26 Å². The van der Waals surface area contributed by atoms with E-state index < -0.39 is 9.84 Å². The van der Waals surface area contributed by atoms with Gasteiger partial charge in [0, 0.05) is 6.26 Å². The summed E-state index contributed by atoms with van der Waals surface area (Å²) in [5.41, 5.74) is 1.80. The molecule has 0 radical (unpaired) electrons. The van der Waals surface area contributed by atoms with Gasteiger partial charge in [0.1, 0.15) is 11.0 Å². The number of hydrogen-bond acceptors (Lipinski definition) is 3. The third-order valence-electron chi connectivity index (χ3n) is 1.88. The van der Waals surface area contributed by atoms with Crippen LogP contribution in [0.2, 0.25) is 0 Å². The molecule has 4 heteroatoms. The Morgan fingerprint density at radius 3 is 2.27 bits per heavy atom. The van der Waals surface area contributed by atoms with E-state index in [1.165, 1.54) is 6.08 Å². The van der Waals surface area contributed by atoms with Crippen molar-refractivity contribution in [2.45, 2.75) is 6.92 Å². The van der Waals surface area contributed by atoms with Crippen molar-refractivity contribution >= 4 is 15.9 Å². The number of aryl methyl sites for hydroxylation is 1. The van der Waals surface area contributed by atoms with Gasteiger partial charge in [0.2, 0.25) is 0 Å². The zero-order chi connectivity index (χ0) is 11.5. The van der Waals surface area contributed by atoms with Gasteiger partial charge in [-0.05, 0) is 18.6 Å². The van der Waals surface area contributed by atoms with E-state index in [1.807, 2.05) is 19.1 Å². The van der Waals surface area contributed by atoms with Crippen LogP contribution in [0.4, 0.5) is 0 Å². The molecular weight excluding hydrogens is 210 g/mol. The summed E-state index contributed by atoms with van der Waals surface area (Å²) in [4.78, 5) is -0.216. The first-order valence-electron chi connectivity index (χ1n) is 4.32. The summed E-state index contributed by atoms with van der Waals surface area (Å²) < 4.78 is 22.3. The Morgan fingerprint density at radius 1 is 1.33 bits per heavy atom. The maximum Gasteiger partial charge on any atom is 0.185 e.